The first-order valence-electron chi connectivity index (χ1n) is 8.72. The average molecular weight is 377 g/mol. The standard InChI is InChI=1S/C21H19N3O4/c1-3-27-21(25)19-14(2)23-20(24(19)26)16-9-10-18(17(11-16)12-22)28-13-15-7-5-4-6-8-15/h4-11,26H,3,13H2,1-2H3. The monoisotopic (exact) mass is 377 g/mol. The van der Waals surface area contributed by atoms with E-state index in [1.807, 2.05) is 30.3 Å². The first kappa shape index (κ1) is 19.0. The quantitative estimate of drug-likeness (QED) is 0.519. The van der Waals surface area contributed by atoms with E-state index in [9.17, 15) is 15.3 Å². The molecule has 0 bridgehead atoms. The van der Waals surface area contributed by atoms with Crippen LogP contribution in [0.5, 0.6) is 5.75 Å². The molecule has 142 valence electrons. The molecule has 0 aliphatic carbocycles. The van der Waals surface area contributed by atoms with Crippen LogP contribution < -0.4 is 4.74 Å². The molecular formula is C21H19N3O4. The summed E-state index contributed by atoms with van der Waals surface area (Å²) in [5.74, 6) is -0.0929. The Morgan fingerprint density at radius 3 is 2.68 bits per heavy atom. The highest BCUT2D eigenvalue weighted by atomic mass is 16.5. The SMILES string of the molecule is CCOC(=O)c1c(C)nc(-c2ccc(OCc3ccccc3)c(C#N)c2)n1O. The number of hydrogen-bond donors (Lipinski definition) is 1. The number of nitrogens with zero attached hydrogens (tertiary/aromatic N) is 3. The molecule has 7 heteroatoms. The van der Waals surface area contributed by atoms with Gasteiger partial charge in [0, 0.05) is 5.56 Å². The van der Waals surface area contributed by atoms with E-state index in [0.717, 1.165) is 5.56 Å². The maximum Gasteiger partial charge on any atom is 0.360 e. The largest absolute Gasteiger partial charge is 0.488 e. The Hall–Kier alpha value is -3.79. The lowest BCUT2D eigenvalue weighted by Gasteiger charge is -2.10. The van der Waals surface area contributed by atoms with Gasteiger partial charge in [-0.25, -0.2) is 9.78 Å². The van der Waals surface area contributed by atoms with Gasteiger partial charge >= 0.3 is 5.97 Å². The molecule has 7 nitrogen and oxygen atoms in total. The Morgan fingerprint density at radius 1 is 1.25 bits per heavy atom. The molecule has 1 N–H and O–H groups in total. The molecule has 0 radical (unpaired) electrons. The van der Waals surface area contributed by atoms with Crippen molar-refractivity contribution in [2.45, 2.75) is 20.5 Å². The fourth-order valence-corrected chi connectivity index (χ4v) is 2.76. The first-order chi connectivity index (χ1) is 13.5. The zero-order valence-electron chi connectivity index (χ0n) is 15.5. The van der Waals surface area contributed by atoms with Crippen molar-refractivity contribution in [2.75, 3.05) is 6.61 Å². The molecule has 2 aromatic carbocycles. The van der Waals surface area contributed by atoms with Crippen LogP contribution in [0.15, 0.2) is 48.5 Å². The van der Waals surface area contributed by atoms with Crippen LogP contribution in [0.4, 0.5) is 0 Å². The maximum atomic E-state index is 12.0. The fourth-order valence-electron chi connectivity index (χ4n) is 2.76. The number of nitriles is 1. The lowest BCUT2D eigenvalue weighted by molar-refractivity contribution is 0.0476. The molecule has 0 aliphatic heterocycles. The van der Waals surface area contributed by atoms with Crippen molar-refractivity contribution in [3.63, 3.8) is 0 Å². The molecule has 3 aromatic rings. The van der Waals surface area contributed by atoms with Crippen molar-refractivity contribution in [3.05, 3.63) is 71.0 Å². The van der Waals surface area contributed by atoms with E-state index in [1.165, 1.54) is 0 Å². The van der Waals surface area contributed by atoms with Gasteiger partial charge in [-0.05, 0) is 37.6 Å². The molecule has 0 unspecified atom stereocenters. The summed E-state index contributed by atoms with van der Waals surface area (Å²) in [6, 6.07) is 16.6. The number of carbonyl (C=O) groups excluding carboxylic acids is 1. The summed E-state index contributed by atoms with van der Waals surface area (Å²) >= 11 is 0. The summed E-state index contributed by atoms with van der Waals surface area (Å²) in [7, 11) is 0. The van der Waals surface area contributed by atoms with Crippen LogP contribution in [-0.2, 0) is 11.3 Å². The molecule has 0 amide bonds. The first-order valence-corrected chi connectivity index (χ1v) is 8.72. The number of ether oxygens (including phenoxy) is 2. The van der Waals surface area contributed by atoms with Gasteiger partial charge in [0.15, 0.2) is 11.5 Å². The number of benzene rings is 2. The van der Waals surface area contributed by atoms with Crippen LogP contribution in [-0.4, -0.2) is 27.5 Å². The average Bonchev–Trinajstić information content (AvgIpc) is 3.01. The second-order valence-electron chi connectivity index (χ2n) is 6.00. The van der Waals surface area contributed by atoms with Crippen LogP contribution >= 0.6 is 0 Å². The topological polar surface area (TPSA) is 97.4 Å². The normalized spacial score (nSPS) is 10.3. The molecule has 1 heterocycles. The number of aromatic nitrogens is 2. The van der Waals surface area contributed by atoms with Crippen molar-refractivity contribution < 1.29 is 19.5 Å². The number of imidazole rings is 1. The smallest absolute Gasteiger partial charge is 0.360 e. The summed E-state index contributed by atoms with van der Waals surface area (Å²) < 4.78 is 11.4. The van der Waals surface area contributed by atoms with Crippen molar-refractivity contribution in [1.29, 1.82) is 5.26 Å². The van der Waals surface area contributed by atoms with Crippen molar-refractivity contribution in [3.8, 4) is 23.2 Å². The van der Waals surface area contributed by atoms with Crippen LogP contribution in [0.3, 0.4) is 0 Å². The third-order valence-electron chi connectivity index (χ3n) is 4.09. The molecule has 3 rings (SSSR count). The molecule has 0 saturated heterocycles. The molecule has 0 saturated carbocycles. The Balaban J connectivity index is 1.89. The minimum Gasteiger partial charge on any atom is -0.488 e. The van der Waals surface area contributed by atoms with Crippen molar-refractivity contribution in [2.24, 2.45) is 0 Å². The molecular weight excluding hydrogens is 358 g/mol. The van der Waals surface area contributed by atoms with Crippen LogP contribution in [0.1, 0.15) is 34.2 Å². The van der Waals surface area contributed by atoms with Gasteiger partial charge in [-0.3, -0.25) is 0 Å². The lowest BCUT2D eigenvalue weighted by atomic mass is 10.1. The van der Waals surface area contributed by atoms with E-state index >= 15 is 0 Å². The molecule has 28 heavy (non-hydrogen) atoms. The molecule has 1 aromatic heterocycles. The van der Waals surface area contributed by atoms with Gasteiger partial charge in [-0.2, -0.15) is 9.99 Å². The molecule has 0 aliphatic rings. The third-order valence-corrected chi connectivity index (χ3v) is 4.09. The van der Waals surface area contributed by atoms with E-state index in [-0.39, 0.29) is 18.1 Å². The summed E-state index contributed by atoms with van der Waals surface area (Å²) in [6.45, 7) is 3.80. The Kier molecular flexibility index (Phi) is 5.61. The highest BCUT2D eigenvalue weighted by Gasteiger charge is 2.23. The Bertz CT molecular complexity index is 1040. The van der Waals surface area contributed by atoms with E-state index < -0.39 is 5.97 Å². The van der Waals surface area contributed by atoms with Crippen molar-refractivity contribution in [1.82, 2.24) is 9.71 Å². The van der Waals surface area contributed by atoms with Crippen molar-refractivity contribution >= 4 is 5.97 Å². The lowest BCUT2D eigenvalue weighted by Crippen LogP contribution is -2.12. The van der Waals surface area contributed by atoms with E-state index in [1.54, 1.807) is 32.0 Å². The zero-order valence-corrected chi connectivity index (χ0v) is 15.5. The van der Waals surface area contributed by atoms with Gasteiger partial charge in [0.2, 0.25) is 0 Å². The van der Waals surface area contributed by atoms with Crippen LogP contribution in [0, 0.1) is 18.3 Å². The number of hydrogen-bond acceptors (Lipinski definition) is 6. The van der Waals surface area contributed by atoms with E-state index in [0.29, 0.717) is 33.9 Å². The molecule has 0 spiro atoms. The Labute approximate surface area is 162 Å². The number of esters is 1. The zero-order chi connectivity index (χ0) is 20.1. The fraction of sp³-hybridized carbons (Fsp3) is 0.190. The second kappa shape index (κ2) is 8.27. The Morgan fingerprint density at radius 2 is 2.00 bits per heavy atom. The second-order valence-corrected chi connectivity index (χ2v) is 6.00. The summed E-state index contributed by atoms with van der Waals surface area (Å²) in [5, 5.41) is 19.9. The van der Waals surface area contributed by atoms with Crippen LogP contribution in [0.25, 0.3) is 11.4 Å². The third kappa shape index (κ3) is 3.81. The summed E-state index contributed by atoms with van der Waals surface area (Å²) in [6.07, 6.45) is 0. The summed E-state index contributed by atoms with van der Waals surface area (Å²) in [4.78, 5) is 16.3. The van der Waals surface area contributed by atoms with Gasteiger partial charge in [0.05, 0.1) is 17.9 Å². The minimum absolute atomic E-state index is 0.0419. The van der Waals surface area contributed by atoms with Crippen LogP contribution in [0.2, 0.25) is 0 Å². The number of aryl methyl sites for hydroxylation is 1. The number of rotatable bonds is 6. The van der Waals surface area contributed by atoms with Gasteiger partial charge in [-0.1, -0.05) is 30.3 Å². The predicted octanol–water partition coefficient (Wildman–Crippen LogP) is 3.72. The predicted molar refractivity (Wildman–Crippen MR) is 101 cm³/mol. The minimum atomic E-state index is -0.662. The van der Waals surface area contributed by atoms with E-state index in [4.69, 9.17) is 9.47 Å². The van der Waals surface area contributed by atoms with Gasteiger partial charge < -0.3 is 14.7 Å². The van der Waals surface area contributed by atoms with Gasteiger partial charge in [0.25, 0.3) is 0 Å². The highest BCUT2D eigenvalue weighted by Crippen LogP contribution is 2.27. The number of carbonyl (C=O) groups is 1. The highest BCUT2D eigenvalue weighted by molar-refractivity contribution is 5.89. The molecule has 0 fully saturated rings. The van der Waals surface area contributed by atoms with Gasteiger partial charge in [0.1, 0.15) is 18.4 Å². The van der Waals surface area contributed by atoms with Gasteiger partial charge in [-0.15, -0.1) is 0 Å². The van der Waals surface area contributed by atoms with E-state index in [2.05, 4.69) is 11.1 Å². The summed E-state index contributed by atoms with van der Waals surface area (Å²) in [5.41, 5.74) is 2.05. The maximum absolute atomic E-state index is 12.0. The molecule has 0 atom stereocenters.